The van der Waals surface area contributed by atoms with Gasteiger partial charge in [-0.2, -0.15) is 0 Å². The van der Waals surface area contributed by atoms with Gasteiger partial charge < -0.3 is 30.8 Å². The largest absolute Gasteiger partial charge is 0.559 e. The molecule has 94 valence electrons. The number of rotatable bonds is 6. The number of nitrogens with two attached hydrogens (primary N) is 2. The molecule has 0 aromatic carbocycles. The number of carbonyl (C=O) groups excluding carboxylic acids is 1. The molecule has 0 fully saturated rings. The molecule has 0 amide bonds. The average molecular weight is 250 g/mol. The van der Waals surface area contributed by atoms with Gasteiger partial charge in [0, 0.05) is 13.1 Å². The number of nitrogens with one attached hydrogen (secondary N) is 2. The fourth-order valence-electron chi connectivity index (χ4n) is 0.929. The zero-order valence-electron chi connectivity index (χ0n) is 9.06. The minimum atomic E-state index is -3.85. The Kier molecular flexibility index (Phi) is 5.96. The lowest BCUT2D eigenvalue weighted by Crippen LogP contribution is -2.44. The molecule has 0 aliphatic heterocycles. The van der Waals surface area contributed by atoms with Crippen molar-refractivity contribution in [2.24, 2.45) is 11.5 Å². The molecule has 9 heteroatoms. The highest BCUT2D eigenvalue weighted by molar-refractivity contribution is 6.58. The lowest BCUT2D eigenvalue weighted by Gasteiger charge is -2.16. The summed E-state index contributed by atoms with van der Waals surface area (Å²) in [5, 5.41) is 9.42. The summed E-state index contributed by atoms with van der Waals surface area (Å²) in [6, 6.07) is -0.903. The first-order valence-electron chi connectivity index (χ1n) is 4.73. The smallest absolute Gasteiger partial charge is 0.472 e. The molecule has 0 bridgehead atoms. The van der Waals surface area contributed by atoms with E-state index >= 15 is 0 Å². The quantitative estimate of drug-likeness (QED) is 0.134. The summed E-state index contributed by atoms with van der Waals surface area (Å²) in [7, 11) is -3.85. The topological polar surface area (TPSA) is 155 Å². The standard InChI is InChI=1S/C7H18N4O4Si/c1-16(13,14)15-6(12)5(8)3-2-4-11-7(9)10/h5,13-14H,2-4,8H2,1H3,(H4,9,10,11)/t5-/m0/s1. The molecule has 0 unspecified atom stereocenters. The summed E-state index contributed by atoms with van der Waals surface area (Å²) in [4.78, 5) is 29.0. The third-order valence-electron chi connectivity index (χ3n) is 1.60. The molecule has 8 N–H and O–H groups in total. The van der Waals surface area contributed by atoms with Crippen molar-refractivity contribution in [2.75, 3.05) is 6.54 Å². The maximum atomic E-state index is 11.2. The van der Waals surface area contributed by atoms with Gasteiger partial charge in [0.1, 0.15) is 6.04 Å². The Balaban J connectivity index is 3.76. The zero-order valence-corrected chi connectivity index (χ0v) is 10.1. The Morgan fingerprint density at radius 3 is 2.62 bits per heavy atom. The first-order valence-corrected chi connectivity index (χ1v) is 7.03. The van der Waals surface area contributed by atoms with Gasteiger partial charge in [0.2, 0.25) is 0 Å². The highest BCUT2D eigenvalue weighted by Gasteiger charge is 2.31. The zero-order chi connectivity index (χ0) is 12.8. The molecular formula is C7H18N4O4Si. The van der Waals surface area contributed by atoms with Gasteiger partial charge in [-0.25, -0.2) is 0 Å². The van der Waals surface area contributed by atoms with Crippen molar-refractivity contribution in [3.63, 3.8) is 0 Å². The first-order chi connectivity index (χ1) is 7.22. The summed E-state index contributed by atoms with van der Waals surface area (Å²) in [6.45, 7) is 1.47. The molecule has 8 nitrogen and oxygen atoms in total. The van der Waals surface area contributed by atoms with E-state index in [1.54, 1.807) is 0 Å². The lowest BCUT2D eigenvalue weighted by atomic mass is 10.2. The average Bonchev–Trinajstić information content (AvgIpc) is 2.08. The maximum Gasteiger partial charge on any atom is 0.559 e. The maximum absolute atomic E-state index is 11.2. The van der Waals surface area contributed by atoms with Gasteiger partial charge in [0.25, 0.3) is 0 Å². The van der Waals surface area contributed by atoms with Crippen LogP contribution in [-0.2, 0) is 9.22 Å². The minimum Gasteiger partial charge on any atom is -0.472 e. The first kappa shape index (κ1) is 14.8. The fourth-order valence-corrected chi connectivity index (χ4v) is 1.46. The summed E-state index contributed by atoms with van der Waals surface area (Å²) >= 11 is 0. The van der Waals surface area contributed by atoms with Crippen molar-refractivity contribution in [2.45, 2.75) is 25.4 Å². The van der Waals surface area contributed by atoms with Crippen LogP contribution in [0.25, 0.3) is 0 Å². The molecule has 0 aliphatic carbocycles. The summed E-state index contributed by atoms with van der Waals surface area (Å²) in [6.07, 6.45) is 0.828. The molecule has 0 aromatic rings. The third-order valence-corrected chi connectivity index (χ3v) is 2.19. The number of guanidine groups is 1. The van der Waals surface area contributed by atoms with Crippen LogP contribution >= 0.6 is 0 Å². The van der Waals surface area contributed by atoms with Crippen molar-refractivity contribution in [3.05, 3.63) is 0 Å². The third kappa shape index (κ3) is 8.17. The molecule has 0 radical (unpaired) electrons. The van der Waals surface area contributed by atoms with E-state index in [0.29, 0.717) is 19.4 Å². The van der Waals surface area contributed by atoms with Gasteiger partial charge in [-0.3, -0.25) is 10.2 Å². The van der Waals surface area contributed by atoms with Gasteiger partial charge in [0.05, 0.1) is 0 Å². The van der Waals surface area contributed by atoms with Crippen molar-refractivity contribution in [1.29, 1.82) is 5.41 Å². The van der Waals surface area contributed by atoms with Gasteiger partial charge in [-0.1, -0.05) is 0 Å². The Labute approximate surface area is 94.5 Å². The van der Waals surface area contributed by atoms with Gasteiger partial charge >= 0.3 is 14.8 Å². The van der Waals surface area contributed by atoms with Crippen LogP contribution in [-0.4, -0.2) is 42.9 Å². The molecule has 0 heterocycles. The van der Waals surface area contributed by atoms with Crippen molar-refractivity contribution >= 4 is 20.7 Å². The van der Waals surface area contributed by atoms with Crippen LogP contribution in [0.2, 0.25) is 6.55 Å². The highest BCUT2D eigenvalue weighted by Crippen LogP contribution is 2.01. The Bertz CT molecular complexity index is 255. The van der Waals surface area contributed by atoms with Crippen LogP contribution in [0.5, 0.6) is 0 Å². The monoisotopic (exact) mass is 250 g/mol. The minimum absolute atomic E-state index is 0.151. The van der Waals surface area contributed by atoms with E-state index in [1.807, 2.05) is 0 Å². The van der Waals surface area contributed by atoms with Crippen LogP contribution in [0, 0.1) is 5.41 Å². The van der Waals surface area contributed by atoms with Crippen LogP contribution in [0.3, 0.4) is 0 Å². The van der Waals surface area contributed by atoms with E-state index in [4.69, 9.17) is 26.5 Å². The number of carbonyl (C=O) groups is 1. The second kappa shape index (κ2) is 6.43. The van der Waals surface area contributed by atoms with Crippen LogP contribution in [0.1, 0.15) is 12.8 Å². The van der Waals surface area contributed by atoms with Crippen molar-refractivity contribution < 1.29 is 18.8 Å². The summed E-state index contributed by atoms with van der Waals surface area (Å²) in [5.41, 5.74) is 10.5. The van der Waals surface area contributed by atoms with E-state index in [2.05, 4.69) is 9.74 Å². The normalized spacial score (nSPS) is 13.0. The summed E-state index contributed by atoms with van der Waals surface area (Å²) < 4.78 is 4.38. The van der Waals surface area contributed by atoms with E-state index in [0.717, 1.165) is 6.55 Å². The Morgan fingerprint density at radius 2 is 2.19 bits per heavy atom. The van der Waals surface area contributed by atoms with Gasteiger partial charge in [-0.05, 0) is 12.8 Å². The van der Waals surface area contributed by atoms with E-state index in [1.165, 1.54) is 0 Å². The van der Waals surface area contributed by atoms with Gasteiger partial charge in [-0.15, -0.1) is 0 Å². The molecule has 0 rings (SSSR count). The molecule has 0 aromatic heterocycles. The molecule has 1 atom stereocenters. The predicted molar refractivity (Wildman–Crippen MR) is 59.3 cm³/mol. The fraction of sp³-hybridized carbons (Fsp3) is 0.714. The highest BCUT2D eigenvalue weighted by atomic mass is 28.4. The predicted octanol–water partition coefficient (Wildman–Crippen LogP) is -2.33. The van der Waals surface area contributed by atoms with E-state index < -0.39 is 20.8 Å². The van der Waals surface area contributed by atoms with Crippen molar-refractivity contribution in [3.8, 4) is 0 Å². The second-order valence-corrected chi connectivity index (χ2v) is 5.52. The molecular weight excluding hydrogens is 232 g/mol. The molecule has 0 saturated heterocycles. The molecule has 0 saturated carbocycles. The van der Waals surface area contributed by atoms with Crippen LogP contribution in [0.15, 0.2) is 0 Å². The van der Waals surface area contributed by atoms with Gasteiger partial charge in [0.15, 0.2) is 5.96 Å². The number of hydrogen-bond acceptors (Lipinski definition) is 6. The van der Waals surface area contributed by atoms with E-state index in [9.17, 15) is 4.79 Å². The van der Waals surface area contributed by atoms with Crippen LogP contribution < -0.4 is 16.8 Å². The second-order valence-electron chi connectivity index (χ2n) is 3.44. The van der Waals surface area contributed by atoms with E-state index in [-0.39, 0.29) is 5.96 Å². The molecule has 16 heavy (non-hydrogen) atoms. The van der Waals surface area contributed by atoms with Crippen molar-refractivity contribution in [1.82, 2.24) is 5.32 Å². The molecule has 0 aliphatic rings. The Morgan fingerprint density at radius 1 is 1.62 bits per heavy atom. The lowest BCUT2D eigenvalue weighted by molar-refractivity contribution is -0.139. The summed E-state index contributed by atoms with van der Waals surface area (Å²) in [5.74, 6) is -0.983. The van der Waals surface area contributed by atoms with Crippen LogP contribution in [0.4, 0.5) is 0 Å². The molecule has 0 spiro atoms. The SMILES string of the molecule is C[Si](O)(O)OC(=O)[C@@H](N)CCCNC(=N)N. The number of hydrogen-bond donors (Lipinski definition) is 6. The Hall–Kier alpha value is -1.16.